The predicted octanol–water partition coefficient (Wildman–Crippen LogP) is 5.62. The van der Waals surface area contributed by atoms with E-state index >= 15 is 0 Å². The Bertz CT molecular complexity index is 1750. The van der Waals surface area contributed by atoms with Crippen LogP contribution >= 0.6 is 0 Å². The predicted molar refractivity (Wildman–Crippen MR) is 146 cm³/mol. The lowest BCUT2D eigenvalue weighted by Crippen LogP contribution is -2.19. The fourth-order valence-corrected chi connectivity index (χ4v) is 4.55. The van der Waals surface area contributed by atoms with Crippen LogP contribution in [0.2, 0.25) is 0 Å². The van der Waals surface area contributed by atoms with E-state index in [2.05, 4.69) is 35.0 Å². The van der Waals surface area contributed by atoms with Crippen molar-refractivity contribution >= 4 is 21.8 Å². The Morgan fingerprint density at radius 2 is 1.76 bits per heavy atom. The molecule has 0 aliphatic carbocycles. The molecule has 0 spiro atoms. The maximum Gasteiger partial charge on any atom is 0.138 e. The minimum Gasteiger partial charge on any atom is -0.491 e. The lowest BCUT2D eigenvalue weighted by molar-refractivity contribution is 0.261. The van der Waals surface area contributed by atoms with E-state index in [4.69, 9.17) is 4.74 Å². The molecule has 2 N–H and O–H groups in total. The minimum atomic E-state index is -0.283. The molecule has 0 unspecified atom stereocenters. The van der Waals surface area contributed by atoms with Crippen LogP contribution in [0.1, 0.15) is 5.56 Å². The number of benzene rings is 1. The normalized spacial score (nSPS) is 11.6. The number of H-pyrrole nitrogens is 2. The second kappa shape index (κ2) is 9.68. The van der Waals surface area contributed by atoms with Crippen molar-refractivity contribution in [1.29, 1.82) is 0 Å². The second-order valence-corrected chi connectivity index (χ2v) is 9.57. The summed E-state index contributed by atoms with van der Waals surface area (Å²) in [6.07, 6.45) is 6.97. The van der Waals surface area contributed by atoms with E-state index in [1.54, 1.807) is 24.8 Å². The number of nitrogens with one attached hydrogen (secondary N) is 2. The number of ether oxygens (including phenoxy) is 1. The largest absolute Gasteiger partial charge is 0.491 e. The summed E-state index contributed by atoms with van der Waals surface area (Å²) in [7, 11) is 4.01. The van der Waals surface area contributed by atoms with Gasteiger partial charge in [-0.2, -0.15) is 5.10 Å². The Morgan fingerprint density at radius 3 is 2.61 bits per heavy atom. The SMILES string of the molecule is Cc1cc(F)cc(-c2nccc3[nH]c(-c4n[nH]c5cnc(-c6cncc(OCCN(C)C)c6)cc45)cc23)c1. The van der Waals surface area contributed by atoms with E-state index in [0.29, 0.717) is 18.1 Å². The Hall–Kier alpha value is -4.63. The van der Waals surface area contributed by atoms with Crippen molar-refractivity contribution in [3.8, 4) is 39.7 Å². The molecule has 38 heavy (non-hydrogen) atoms. The monoisotopic (exact) mass is 507 g/mol. The van der Waals surface area contributed by atoms with Gasteiger partial charge < -0.3 is 14.6 Å². The fourth-order valence-electron chi connectivity index (χ4n) is 4.55. The van der Waals surface area contributed by atoms with Crippen molar-refractivity contribution in [2.45, 2.75) is 6.92 Å². The highest BCUT2D eigenvalue weighted by atomic mass is 19.1. The first-order chi connectivity index (χ1) is 18.4. The molecule has 6 rings (SSSR count). The van der Waals surface area contributed by atoms with Crippen LogP contribution in [0.15, 0.2) is 67.3 Å². The van der Waals surface area contributed by atoms with Gasteiger partial charge in [-0.3, -0.25) is 20.1 Å². The first-order valence-electron chi connectivity index (χ1n) is 12.3. The smallest absolute Gasteiger partial charge is 0.138 e. The van der Waals surface area contributed by atoms with Crippen LogP contribution in [0.4, 0.5) is 4.39 Å². The topological polar surface area (TPSA) is 95.6 Å². The number of rotatable bonds is 7. The van der Waals surface area contributed by atoms with Crippen molar-refractivity contribution in [3.63, 3.8) is 0 Å². The molecule has 0 saturated carbocycles. The Labute approximate surface area is 218 Å². The zero-order chi connectivity index (χ0) is 26.2. The van der Waals surface area contributed by atoms with Gasteiger partial charge in [0.2, 0.25) is 0 Å². The fraction of sp³-hybridized carbons (Fsp3) is 0.172. The average molecular weight is 508 g/mol. The van der Waals surface area contributed by atoms with Crippen LogP contribution in [-0.4, -0.2) is 62.3 Å². The van der Waals surface area contributed by atoms with Crippen LogP contribution in [0.3, 0.4) is 0 Å². The van der Waals surface area contributed by atoms with Crippen molar-refractivity contribution in [1.82, 2.24) is 35.0 Å². The summed E-state index contributed by atoms with van der Waals surface area (Å²) < 4.78 is 20.0. The summed E-state index contributed by atoms with van der Waals surface area (Å²) in [6.45, 7) is 3.26. The summed E-state index contributed by atoms with van der Waals surface area (Å²) in [6, 6.07) is 12.8. The van der Waals surface area contributed by atoms with Gasteiger partial charge >= 0.3 is 0 Å². The molecule has 0 fully saturated rings. The third-order valence-corrected chi connectivity index (χ3v) is 6.38. The third kappa shape index (κ3) is 4.59. The number of aromatic nitrogens is 6. The van der Waals surface area contributed by atoms with E-state index in [1.165, 1.54) is 12.1 Å². The maximum absolute atomic E-state index is 14.1. The molecule has 8 nitrogen and oxygen atoms in total. The molecule has 0 aliphatic rings. The zero-order valence-electron chi connectivity index (χ0n) is 21.3. The number of hydrogen-bond donors (Lipinski definition) is 2. The first kappa shape index (κ1) is 23.7. The first-order valence-corrected chi connectivity index (χ1v) is 12.3. The number of nitrogens with zero attached hydrogens (tertiary/aromatic N) is 5. The number of fused-ring (bicyclic) bond motifs is 2. The van der Waals surface area contributed by atoms with Crippen molar-refractivity contribution in [2.75, 3.05) is 27.2 Å². The summed E-state index contributed by atoms with van der Waals surface area (Å²) in [5.74, 6) is 0.413. The molecule has 5 aromatic heterocycles. The second-order valence-electron chi connectivity index (χ2n) is 9.57. The maximum atomic E-state index is 14.1. The molecule has 190 valence electrons. The van der Waals surface area contributed by atoms with Gasteiger partial charge in [-0.15, -0.1) is 0 Å². The molecule has 1 aromatic carbocycles. The summed E-state index contributed by atoms with van der Waals surface area (Å²) in [5, 5.41) is 9.46. The van der Waals surface area contributed by atoms with E-state index in [1.807, 2.05) is 51.4 Å². The van der Waals surface area contributed by atoms with Gasteiger partial charge in [0.1, 0.15) is 23.9 Å². The van der Waals surface area contributed by atoms with Crippen LogP contribution in [0.5, 0.6) is 5.75 Å². The average Bonchev–Trinajstić information content (AvgIpc) is 3.51. The van der Waals surface area contributed by atoms with Crippen LogP contribution in [0.25, 0.3) is 55.7 Å². The van der Waals surface area contributed by atoms with Crippen LogP contribution in [0, 0.1) is 12.7 Å². The minimum absolute atomic E-state index is 0.283. The Morgan fingerprint density at radius 1 is 0.895 bits per heavy atom. The number of aromatic amines is 2. The van der Waals surface area contributed by atoms with Gasteiger partial charge in [-0.05, 0) is 69.0 Å². The van der Waals surface area contributed by atoms with E-state index in [0.717, 1.165) is 62.1 Å². The highest BCUT2D eigenvalue weighted by molar-refractivity contribution is 6.00. The van der Waals surface area contributed by atoms with Gasteiger partial charge in [-0.25, -0.2) is 4.39 Å². The highest BCUT2D eigenvalue weighted by Crippen LogP contribution is 2.34. The zero-order valence-corrected chi connectivity index (χ0v) is 21.3. The van der Waals surface area contributed by atoms with E-state index < -0.39 is 0 Å². The summed E-state index contributed by atoms with van der Waals surface area (Å²) >= 11 is 0. The number of likely N-dealkylation sites (N-methyl/N-ethyl adjacent to an activating group) is 1. The third-order valence-electron chi connectivity index (χ3n) is 6.38. The lowest BCUT2D eigenvalue weighted by atomic mass is 10.0. The lowest BCUT2D eigenvalue weighted by Gasteiger charge is -2.11. The molecule has 0 bridgehead atoms. The summed E-state index contributed by atoms with van der Waals surface area (Å²) in [5.41, 5.74) is 7.19. The quantitative estimate of drug-likeness (QED) is 0.291. The highest BCUT2D eigenvalue weighted by Gasteiger charge is 2.16. The standard InChI is InChI=1S/C29H26FN7O/c1-17-8-18(10-20(30)9-17)28-22-13-26(34-24(22)4-5-32-28)29-23-12-25(33-16-27(23)35-36-29)19-11-21(15-31-14-19)38-7-6-37(2)3/h4-5,8-16,34H,6-7H2,1-3H3,(H,35,36). The van der Waals surface area contributed by atoms with E-state index in [9.17, 15) is 4.39 Å². The molecule has 5 heterocycles. The molecule has 0 amide bonds. The number of halogens is 1. The van der Waals surface area contributed by atoms with Gasteiger partial charge in [0.15, 0.2) is 0 Å². The number of pyridine rings is 3. The van der Waals surface area contributed by atoms with Gasteiger partial charge in [-0.1, -0.05) is 0 Å². The molecule has 0 atom stereocenters. The molecule has 0 radical (unpaired) electrons. The van der Waals surface area contributed by atoms with Gasteiger partial charge in [0, 0.05) is 46.4 Å². The van der Waals surface area contributed by atoms with Gasteiger partial charge in [0.05, 0.1) is 35.0 Å². The molecule has 0 saturated heterocycles. The Balaban J connectivity index is 1.38. The van der Waals surface area contributed by atoms with Crippen molar-refractivity contribution in [3.05, 3.63) is 78.6 Å². The molecule has 6 aromatic rings. The molecular weight excluding hydrogens is 481 g/mol. The summed E-state index contributed by atoms with van der Waals surface area (Å²) in [4.78, 5) is 19.0. The number of hydrogen-bond acceptors (Lipinski definition) is 6. The van der Waals surface area contributed by atoms with Gasteiger partial charge in [0.25, 0.3) is 0 Å². The van der Waals surface area contributed by atoms with E-state index in [-0.39, 0.29) is 5.82 Å². The number of aryl methyl sites for hydroxylation is 1. The molecular formula is C29H26FN7O. The van der Waals surface area contributed by atoms with Crippen LogP contribution < -0.4 is 4.74 Å². The Kier molecular flexibility index (Phi) is 6.05. The van der Waals surface area contributed by atoms with Crippen molar-refractivity contribution < 1.29 is 9.13 Å². The molecule has 9 heteroatoms. The molecule has 0 aliphatic heterocycles. The van der Waals surface area contributed by atoms with Crippen LogP contribution in [-0.2, 0) is 0 Å². The van der Waals surface area contributed by atoms with Crippen molar-refractivity contribution in [2.24, 2.45) is 0 Å².